The maximum absolute atomic E-state index is 10.7. The lowest BCUT2D eigenvalue weighted by molar-refractivity contribution is -0.385. The van der Waals surface area contributed by atoms with Crippen LogP contribution in [0.4, 0.5) is 11.4 Å². The molecular weight excluding hydrogens is 226 g/mol. The number of nitrogens with zero attached hydrogens (tertiary/aromatic N) is 3. The van der Waals surface area contributed by atoms with E-state index in [2.05, 4.69) is 4.98 Å². The normalized spacial score (nSPS) is 10.7. The molecule has 1 rings (SSSR count). The highest BCUT2D eigenvalue weighted by Gasteiger charge is 2.27. The number of nitro benzene ring substituents is 1. The third kappa shape index (κ3) is 2.25. The van der Waals surface area contributed by atoms with Gasteiger partial charge in [-0.3, -0.25) is 14.7 Å². The van der Waals surface area contributed by atoms with Gasteiger partial charge in [0.2, 0.25) is 5.39 Å². The monoisotopic (exact) mass is 230 g/mol. The zero-order chi connectivity index (χ0) is 11.6. The Morgan fingerprint density at radius 1 is 1.47 bits per heavy atom. The van der Waals surface area contributed by atoms with E-state index in [0.29, 0.717) is 6.07 Å². The predicted octanol–water partition coefficient (Wildman–Crippen LogP) is 1.33. The number of hydrogen-bond donors (Lipinski definition) is 1. The minimum absolute atomic E-state index is 0.469. The van der Waals surface area contributed by atoms with Crippen LogP contribution in [0.1, 0.15) is 0 Å². The zero-order valence-electron chi connectivity index (χ0n) is 7.06. The van der Waals surface area contributed by atoms with Gasteiger partial charge in [0.25, 0.3) is 5.69 Å². The summed E-state index contributed by atoms with van der Waals surface area (Å²) in [5.74, 6) is 0. The Balaban J connectivity index is 3.55. The maximum Gasteiger partial charge on any atom is 0.406 e. The Hall–Kier alpha value is -2.05. The third-order valence-electron chi connectivity index (χ3n) is 1.54. The lowest BCUT2D eigenvalue weighted by atomic mass is 10.3. The van der Waals surface area contributed by atoms with E-state index in [-0.39, 0.29) is 0 Å². The first-order valence-electron chi connectivity index (χ1n) is 3.47. The van der Waals surface area contributed by atoms with Crippen LogP contribution in [0.5, 0.6) is 0 Å². The highest BCUT2D eigenvalue weighted by atomic mass is 32.2. The van der Waals surface area contributed by atoms with E-state index < -0.39 is 31.3 Å². The lowest BCUT2D eigenvalue weighted by Crippen LogP contribution is -1.99. The Morgan fingerprint density at radius 2 is 2.07 bits per heavy atom. The first kappa shape index (κ1) is 11.0. The second-order valence-electron chi connectivity index (χ2n) is 2.48. The summed E-state index contributed by atoms with van der Waals surface area (Å²) >= 11 is 0. The molecule has 0 saturated carbocycles. The van der Waals surface area contributed by atoms with Crippen LogP contribution in [0.3, 0.4) is 0 Å². The van der Waals surface area contributed by atoms with Crippen LogP contribution in [0, 0.1) is 15.5 Å². The molecule has 1 aromatic carbocycles. The van der Waals surface area contributed by atoms with Gasteiger partial charge in [0.15, 0.2) is 9.87 Å². The van der Waals surface area contributed by atoms with Crippen molar-refractivity contribution in [1.82, 2.24) is 0 Å². The van der Waals surface area contributed by atoms with Crippen molar-refractivity contribution in [3.05, 3.63) is 33.3 Å². The van der Waals surface area contributed by atoms with Crippen LogP contribution in [0.25, 0.3) is 4.98 Å². The first-order chi connectivity index (χ1) is 6.86. The fourth-order valence-electron chi connectivity index (χ4n) is 0.906. The molecule has 1 N–H and O–H groups in total. The van der Waals surface area contributed by atoms with Crippen molar-refractivity contribution in [3.63, 3.8) is 0 Å². The van der Waals surface area contributed by atoms with Gasteiger partial charge in [0.1, 0.15) is 0 Å². The number of benzene rings is 1. The van der Waals surface area contributed by atoms with Gasteiger partial charge in [-0.05, 0) is 0 Å². The molecule has 0 aliphatic carbocycles. The molecule has 0 unspecified atom stereocenters. The fraction of sp³-hybridized carbons (Fsp3) is 0. The van der Waals surface area contributed by atoms with Crippen LogP contribution < -0.4 is 0 Å². The molecule has 0 aliphatic heterocycles. The van der Waals surface area contributed by atoms with Crippen molar-refractivity contribution < 1.29 is 17.9 Å². The van der Waals surface area contributed by atoms with Gasteiger partial charge in [-0.2, -0.15) is 8.42 Å². The Morgan fingerprint density at radius 3 is 2.47 bits per heavy atom. The van der Waals surface area contributed by atoms with Gasteiger partial charge in [-0.1, -0.05) is 0 Å². The molecule has 0 saturated heterocycles. The van der Waals surface area contributed by atoms with E-state index in [4.69, 9.17) is 9.95 Å². The summed E-state index contributed by atoms with van der Waals surface area (Å²) in [5.41, 5.74) is -1.00. The SMILES string of the molecule is N#[N+]c1ccc([N+](=O)[O-])cc1S(=O)(=O)O. The van der Waals surface area contributed by atoms with Gasteiger partial charge in [0, 0.05) is 18.2 Å². The van der Waals surface area contributed by atoms with Gasteiger partial charge in [0.05, 0.1) is 4.92 Å². The second-order valence-corrected chi connectivity index (χ2v) is 3.87. The summed E-state index contributed by atoms with van der Waals surface area (Å²) in [7, 11) is -4.66. The molecule has 1 aromatic rings. The lowest BCUT2D eigenvalue weighted by Gasteiger charge is -1.93. The van der Waals surface area contributed by atoms with E-state index in [1.807, 2.05) is 0 Å². The summed E-state index contributed by atoms with van der Waals surface area (Å²) in [6, 6.07) is 2.45. The number of non-ortho nitro benzene ring substituents is 1. The van der Waals surface area contributed by atoms with Crippen molar-refractivity contribution in [2.75, 3.05) is 0 Å². The molecule has 8 nitrogen and oxygen atoms in total. The largest absolute Gasteiger partial charge is 0.406 e. The smallest absolute Gasteiger partial charge is 0.282 e. The maximum atomic E-state index is 10.7. The molecule has 0 atom stereocenters. The first-order valence-corrected chi connectivity index (χ1v) is 4.91. The predicted molar refractivity (Wildman–Crippen MR) is 47.7 cm³/mol. The van der Waals surface area contributed by atoms with E-state index >= 15 is 0 Å². The zero-order valence-corrected chi connectivity index (χ0v) is 7.88. The summed E-state index contributed by atoms with van der Waals surface area (Å²) in [6.45, 7) is 0. The molecule has 0 amide bonds. The molecule has 0 fully saturated rings. The molecule has 0 radical (unpaired) electrons. The highest BCUT2D eigenvalue weighted by molar-refractivity contribution is 7.86. The van der Waals surface area contributed by atoms with E-state index in [1.165, 1.54) is 0 Å². The van der Waals surface area contributed by atoms with Crippen LogP contribution in [0.15, 0.2) is 23.1 Å². The second kappa shape index (κ2) is 3.60. The standard InChI is InChI=1S/C6H3N3O5S/c7-8-5-2-1-4(9(10)11)3-6(5)15(12,13)14/h1-3H/p+1. The average Bonchev–Trinajstić information content (AvgIpc) is 2.15. The summed E-state index contributed by atoms with van der Waals surface area (Å²) < 4.78 is 30.2. The highest BCUT2D eigenvalue weighted by Crippen LogP contribution is 2.28. The molecule has 0 aliphatic rings. The topological polar surface area (TPSA) is 126 Å². The van der Waals surface area contributed by atoms with E-state index in [1.54, 1.807) is 0 Å². The number of nitro groups is 1. The molecule has 78 valence electrons. The Kier molecular flexibility index (Phi) is 2.65. The molecule has 9 heteroatoms. The molecule has 0 spiro atoms. The molecule has 0 bridgehead atoms. The molecule has 0 aromatic heterocycles. The van der Waals surface area contributed by atoms with Crippen molar-refractivity contribution in [2.45, 2.75) is 4.90 Å². The quantitative estimate of drug-likeness (QED) is 0.353. The summed E-state index contributed by atoms with van der Waals surface area (Å²) in [6.07, 6.45) is 0. The van der Waals surface area contributed by atoms with Gasteiger partial charge >= 0.3 is 15.8 Å². The number of diazo groups is 1. The van der Waals surface area contributed by atoms with Crippen LogP contribution in [-0.2, 0) is 10.1 Å². The van der Waals surface area contributed by atoms with Gasteiger partial charge in [-0.25, -0.2) is 0 Å². The molecular formula is C6H4N3O5S+. The summed E-state index contributed by atoms with van der Waals surface area (Å²) in [5, 5.41) is 18.7. The van der Waals surface area contributed by atoms with Crippen molar-refractivity contribution in [3.8, 4) is 0 Å². The summed E-state index contributed by atoms with van der Waals surface area (Å²) in [4.78, 5) is 11.2. The van der Waals surface area contributed by atoms with Crippen molar-refractivity contribution >= 4 is 21.5 Å². The fourth-order valence-corrected chi connectivity index (χ4v) is 1.55. The average molecular weight is 230 g/mol. The number of rotatable bonds is 2. The van der Waals surface area contributed by atoms with Crippen molar-refractivity contribution in [1.29, 1.82) is 5.39 Å². The van der Waals surface area contributed by atoms with Crippen molar-refractivity contribution in [2.24, 2.45) is 0 Å². The van der Waals surface area contributed by atoms with E-state index in [9.17, 15) is 18.5 Å². The Bertz CT molecular complexity index is 559. The third-order valence-corrected chi connectivity index (χ3v) is 2.42. The Labute approximate surface area is 83.7 Å². The van der Waals surface area contributed by atoms with Crippen LogP contribution >= 0.6 is 0 Å². The minimum Gasteiger partial charge on any atom is -0.282 e. The van der Waals surface area contributed by atoms with Gasteiger partial charge < -0.3 is 0 Å². The van der Waals surface area contributed by atoms with Gasteiger partial charge in [-0.15, -0.1) is 0 Å². The molecule has 15 heavy (non-hydrogen) atoms. The minimum atomic E-state index is -4.66. The number of hydrogen-bond acceptors (Lipinski definition) is 5. The van der Waals surface area contributed by atoms with Crippen LogP contribution in [-0.4, -0.2) is 17.9 Å². The van der Waals surface area contributed by atoms with Crippen LogP contribution in [0.2, 0.25) is 0 Å². The molecule has 0 heterocycles. The van der Waals surface area contributed by atoms with E-state index in [0.717, 1.165) is 12.1 Å².